The minimum atomic E-state index is -0.246. The van der Waals surface area contributed by atoms with E-state index in [-0.39, 0.29) is 5.82 Å². The van der Waals surface area contributed by atoms with Crippen molar-refractivity contribution in [3.8, 4) is 17.1 Å². The van der Waals surface area contributed by atoms with Crippen LogP contribution in [0.3, 0.4) is 0 Å². The number of halogens is 1. The van der Waals surface area contributed by atoms with Gasteiger partial charge < -0.3 is 4.74 Å². The maximum atomic E-state index is 13.4. The van der Waals surface area contributed by atoms with Crippen LogP contribution in [0.25, 0.3) is 22.1 Å². The summed E-state index contributed by atoms with van der Waals surface area (Å²) in [7, 11) is 1.63. The third-order valence-electron chi connectivity index (χ3n) is 3.32. The maximum Gasteiger partial charge on any atom is 0.360 e. The van der Waals surface area contributed by atoms with Crippen molar-refractivity contribution in [2.45, 2.75) is 6.92 Å². The van der Waals surface area contributed by atoms with Crippen LogP contribution in [0.4, 0.5) is 4.39 Å². The molecule has 0 amide bonds. The smallest absolute Gasteiger partial charge is 0.360 e. The number of methoxy groups -OCH3 is 1. The second-order valence-electron chi connectivity index (χ2n) is 4.63. The molecule has 2 aromatic carbocycles. The molecule has 0 aliphatic rings. The first-order valence-electron chi connectivity index (χ1n) is 6.35. The summed E-state index contributed by atoms with van der Waals surface area (Å²) in [6.45, 7) is 1.88. The molecule has 0 aliphatic heterocycles. The molecule has 0 saturated carbocycles. The molecule has 0 aliphatic carbocycles. The lowest BCUT2D eigenvalue weighted by molar-refractivity contribution is 0.415. The lowest BCUT2D eigenvalue weighted by Gasteiger charge is -2.00. The Morgan fingerprint density at radius 1 is 1.00 bits per heavy atom. The van der Waals surface area contributed by atoms with Gasteiger partial charge in [0.2, 0.25) is 0 Å². The van der Waals surface area contributed by atoms with Gasteiger partial charge >= 0.3 is 11.5 Å². The lowest BCUT2D eigenvalue weighted by atomic mass is 10.1. The van der Waals surface area contributed by atoms with E-state index in [0.29, 0.717) is 5.76 Å². The molecule has 0 N–H and O–H groups in total. The highest BCUT2D eigenvalue weighted by molar-refractivity contribution is 5.86. The molecule has 20 heavy (non-hydrogen) atoms. The maximum absolute atomic E-state index is 13.4. The number of benzene rings is 2. The van der Waals surface area contributed by atoms with Gasteiger partial charge in [-0.3, -0.25) is 0 Å². The van der Waals surface area contributed by atoms with Gasteiger partial charge in [-0.2, -0.15) is 0 Å². The van der Waals surface area contributed by atoms with Crippen molar-refractivity contribution in [2.24, 2.45) is 0 Å². The Kier molecular flexibility index (Phi) is 3.11. The Balaban J connectivity index is 2.15. The molecule has 3 heteroatoms. The Morgan fingerprint density at radius 2 is 1.75 bits per heavy atom. The zero-order valence-corrected chi connectivity index (χ0v) is 11.3. The Morgan fingerprint density at radius 3 is 2.45 bits per heavy atom. The van der Waals surface area contributed by atoms with Gasteiger partial charge in [0.15, 0.2) is 0 Å². The summed E-state index contributed by atoms with van der Waals surface area (Å²) >= 11 is 0. The molecule has 0 fully saturated rings. The van der Waals surface area contributed by atoms with Gasteiger partial charge in [-0.1, -0.05) is 0 Å². The second kappa shape index (κ2) is 4.93. The number of aryl methyl sites for hydroxylation is 1. The number of fused-ring (bicyclic) bond motifs is 1. The van der Waals surface area contributed by atoms with E-state index in [1.165, 1.54) is 12.1 Å². The second-order valence-corrected chi connectivity index (χ2v) is 4.63. The van der Waals surface area contributed by atoms with Crippen LogP contribution in [0.2, 0.25) is 0 Å². The Bertz CT molecular complexity index is 764. The summed E-state index contributed by atoms with van der Waals surface area (Å²) in [5.74, 6) is 2.03. The van der Waals surface area contributed by atoms with E-state index in [4.69, 9.17) is 9.15 Å². The molecule has 0 spiro atoms. The normalized spacial score (nSPS) is 10.8. The fourth-order valence-electron chi connectivity index (χ4n) is 2.26. The number of rotatable bonds is 2. The van der Waals surface area contributed by atoms with Crippen LogP contribution in [0.15, 0.2) is 52.9 Å². The summed E-state index contributed by atoms with van der Waals surface area (Å²) in [6, 6.07) is 14.1. The fourth-order valence-corrected chi connectivity index (χ4v) is 2.26. The summed E-state index contributed by atoms with van der Waals surface area (Å²) in [6.07, 6.45) is 0. The predicted octanol–water partition coefficient (Wildman–Crippen LogP) is 4.84. The van der Waals surface area contributed by atoms with Crippen LogP contribution in [0.5, 0.6) is 5.75 Å². The quantitative estimate of drug-likeness (QED) is 0.621. The highest BCUT2D eigenvalue weighted by Crippen LogP contribution is 2.29. The third-order valence-corrected chi connectivity index (χ3v) is 3.32. The molecule has 2 nitrogen and oxygen atoms in total. The first-order valence-corrected chi connectivity index (χ1v) is 6.35. The van der Waals surface area contributed by atoms with Crippen LogP contribution in [0.1, 0.15) is 5.76 Å². The zero-order valence-electron chi connectivity index (χ0n) is 11.3. The standard InChI is InChI=1S/C17H14FO2/c1-11-16-8-5-14(18)9-13(16)10-17(20-11)12-3-6-15(19-2)7-4-12/h3-10H,1-2H3/q+1. The van der Waals surface area contributed by atoms with E-state index < -0.39 is 0 Å². The van der Waals surface area contributed by atoms with Gasteiger partial charge in [-0.05, 0) is 42.5 Å². The van der Waals surface area contributed by atoms with E-state index in [9.17, 15) is 4.39 Å². The van der Waals surface area contributed by atoms with E-state index in [1.807, 2.05) is 37.3 Å². The van der Waals surface area contributed by atoms with Gasteiger partial charge in [0.25, 0.3) is 0 Å². The highest BCUT2D eigenvalue weighted by atomic mass is 19.1. The molecular formula is C17H14FO2+. The van der Waals surface area contributed by atoms with Crippen molar-refractivity contribution in [3.05, 3.63) is 60.1 Å². The van der Waals surface area contributed by atoms with Gasteiger partial charge in [0.05, 0.1) is 31.0 Å². The summed E-state index contributed by atoms with van der Waals surface area (Å²) in [5, 5.41) is 1.75. The molecule has 1 heterocycles. The fraction of sp³-hybridized carbons (Fsp3) is 0.118. The Hall–Kier alpha value is -2.42. The molecular weight excluding hydrogens is 255 g/mol. The predicted molar refractivity (Wildman–Crippen MR) is 77.3 cm³/mol. The van der Waals surface area contributed by atoms with Gasteiger partial charge in [0.1, 0.15) is 11.6 Å². The third kappa shape index (κ3) is 2.23. The zero-order chi connectivity index (χ0) is 14.1. The number of hydrogen-bond donors (Lipinski definition) is 0. The molecule has 3 rings (SSSR count). The van der Waals surface area contributed by atoms with E-state index in [2.05, 4.69) is 0 Å². The van der Waals surface area contributed by atoms with Crippen molar-refractivity contribution in [2.75, 3.05) is 7.11 Å². The van der Waals surface area contributed by atoms with Crippen molar-refractivity contribution in [3.63, 3.8) is 0 Å². The van der Waals surface area contributed by atoms with Gasteiger partial charge in [-0.15, -0.1) is 0 Å². The number of ether oxygens (including phenoxy) is 1. The van der Waals surface area contributed by atoms with Crippen molar-refractivity contribution >= 4 is 10.8 Å². The van der Waals surface area contributed by atoms with E-state index in [1.54, 1.807) is 13.2 Å². The molecule has 0 saturated heterocycles. The molecule has 0 bridgehead atoms. The molecule has 100 valence electrons. The first kappa shape index (κ1) is 12.6. The van der Waals surface area contributed by atoms with Gasteiger partial charge in [-0.25, -0.2) is 8.81 Å². The van der Waals surface area contributed by atoms with Crippen molar-refractivity contribution in [1.82, 2.24) is 0 Å². The Labute approximate surface area is 116 Å². The SMILES string of the molecule is COc1ccc(-c2cc3cc(F)ccc3c(C)[o+]2)cc1. The highest BCUT2D eigenvalue weighted by Gasteiger charge is 2.17. The average molecular weight is 269 g/mol. The van der Waals surface area contributed by atoms with Crippen LogP contribution in [-0.2, 0) is 0 Å². The molecule has 3 aromatic rings. The summed E-state index contributed by atoms with van der Waals surface area (Å²) in [5.41, 5.74) is 0.931. The van der Waals surface area contributed by atoms with Crippen molar-refractivity contribution < 1.29 is 13.5 Å². The summed E-state index contributed by atoms with van der Waals surface area (Å²) in [4.78, 5) is 0. The van der Waals surface area contributed by atoms with Crippen LogP contribution in [-0.4, -0.2) is 7.11 Å². The van der Waals surface area contributed by atoms with Crippen LogP contribution < -0.4 is 4.74 Å². The van der Waals surface area contributed by atoms with Crippen LogP contribution in [0, 0.1) is 12.7 Å². The number of hydrogen-bond acceptors (Lipinski definition) is 1. The molecule has 0 atom stereocenters. The molecule has 0 unspecified atom stereocenters. The van der Waals surface area contributed by atoms with Crippen LogP contribution >= 0.6 is 0 Å². The molecule has 0 radical (unpaired) electrons. The van der Waals surface area contributed by atoms with Gasteiger partial charge in [0, 0.05) is 5.39 Å². The minimum Gasteiger partial charge on any atom is -0.497 e. The van der Waals surface area contributed by atoms with E-state index >= 15 is 0 Å². The van der Waals surface area contributed by atoms with E-state index in [0.717, 1.165) is 27.8 Å². The molecule has 1 aromatic heterocycles. The average Bonchev–Trinajstić information content (AvgIpc) is 2.46. The minimum absolute atomic E-state index is 0.246. The monoisotopic (exact) mass is 269 g/mol. The first-order chi connectivity index (χ1) is 9.67. The summed E-state index contributed by atoms with van der Waals surface area (Å²) < 4.78 is 24.3. The van der Waals surface area contributed by atoms with Crippen molar-refractivity contribution in [1.29, 1.82) is 0 Å². The topological polar surface area (TPSA) is 20.5 Å². The lowest BCUT2D eigenvalue weighted by Crippen LogP contribution is -1.86. The largest absolute Gasteiger partial charge is 0.497 e.